The van der Waals surface area contributed by atoms with Crippen LogP contribution in [0.5, 0.6) is 11.5 Å². The number of hydrogen-bond donors (Lipinski definition) is 0. The molecular formula is C29H28BrCl2NO4. The van der Waals surface area contributed by atoms with E-state index in [0.717, 1.165) is 59.4 Å². The number of allylic oxidation sites excluding steroid dienone is 4. The van der Waals surface area contributed by atoms with Crippen molar-refractivity contribution in [2.75, 3.05) is 13.7 Å². The molecule has 0 bridgehead atoms. The summed E-state index contributed by atoms with van der Waals surface area (Å²) in [5, 5.41) is 1.08. The van der Waals surface area contributed by atoms with Crippen molar-refractivity contribution in [1.82, 2.24) is 4.90 Å². The molecule has 2 aromatic rings. The summed E-state index contributed by atoms with van der Waals surface area (Å²) in [6.45, 7) is 2.57. The maximum absolute atomic E-state index is 13.3. The lowest BCUT2D eigenvalue weighted by atomic mass is 9.71. The molecule has 0 saturated heterocycles. The summed E-state index contributed by atoms with van der Waals surface area (Å²) in [5.41, 5.74) is 5.23. The topological polar surface area (TPSA) is 55.8 Å². The van der Waals surface area contributed by atoms with Crippen molar-refractivity contribution in [2.24, 2.45) is 0 Å². The normalized spacial score (nSPS) is 18.2. The summed E-state index contributed by atoms with van der Waals surface area (Å²) in [7, 11) is 2.00. The largest absolute Gasteiger partial charge is 0.490 e. The van der Waals surface area contributed by atoms with E-state index < -0.39 is 5.92 Å². The third kappa shape index (κ3) is 4.96. The Hall–Kier alpha value is -2.28. The number of ketones is 2. The van der Waals surface area contributed by atoms with Crippen LogP contribution in [0.1, 0.15) is 62.5 Å². The van der Waals surface area contributed by atoms with Gasteiger partial charge in [-0.1, -0.05) is 29.3 Å². The molecule has 194 valence electrons. The zero-order valence-corrected chi connectivity index (χ0v) is 23.9. The van der Waals surface area contributed by atoms with Gasteiger partial charge in [-0.2, -0.15) is 0 Å². The number of rotatable bonds is 6. The van der Waals surface area contributed by atoms with Crippen molar-refractivity contribution < 1.29 is 19.1 Å². The molecule has 0 amide bonds. The van der Waals surface area contributed by atoms with Gasteiger partial charge >= 0.3 is 0 Å². The molecular weight excluding hydrogens is 577 g/mol. The van der Waals surface area contributed by atoms with Crippen LogP contribution in [0.4, 0.5) is 0 Å². The van der Waals surface area contributed by atoms with Crippen molar-refractivity contribution in [1.29, 1.82) is 0 Å². The van der Waals surface area contributed by atoms with Crippen molar-refractivity contribution in [3.8, 4) is 11.5 Å². The second kappa shape index (κ2) is 10.8. The van der Waals surface area contributed by atoms with E-state index >= 15 is 0 Å². The van der Waals surface area contributed by atoms with Gasteiger partial charge in [-0.05, 0) is 78.4 Å². The molecule has 3 aliphatic rings. The van der Waals surface area contributed by atoms with Crippen LogP contribution in [-0.2, 0) is 16.2 Å². The molecule has 0 atom stereocenters. The van der Waals surface area contributed by atoms with Gasteiger partial charge in [0.2, 0.25) is 0 Å². The van der Waals surface area contributed by atoms with Crippen molar-refractivity contribution in [2.45, 2.75) is 58.0 Å². The summed E-state index contributed by atoms with van der Waals surface area (Å²) in [4.78, 5) is 28.7. The first-order valence-corrected chi connectivity index (χ1v) is 14.1. The lowest BCUT2D eigenvalue weighted by molar-refractivity contribution is -0.117. The first-order chi connectivity index (χ1) is 17.8. The quantitative estimate of drug-likeness (QED) is 0.337. The Morgan fingerprint density at radius 1 is 0.946 bits per heavy atom. The SMILES string of the molecule is CCOc1cc(C2C3=C(CCCC3=O)N(C)C3=C2C(=O)CCC3)cc(Br)c1OCc1ccc(Cl)cc1Cl. The summed E-state index contributed by atoms with van der Waals surface area (Å²) in [5.74, 6) is 0.922. The molecule has 8 heteroatoms. The molecule has 1 aliphatic heterocycles. The highest BCUT2D eigenvalue weighted by atomic mass is 79.9. The smallest absolute Gasteiger partial charge is 0.175 e. The zero-order chi connectivity index (χ0) is 26.3. The number of halogens is 3. The van der Waals surface area contributed by atoms with Gasteiger partial charge in [0.15, 0.2) is 23.1 Å². The van der Waals surface area contributed by atoms with Crippen molar-refractivity contribution in [3.63, 3.8) is 0 Å². The van der Waals surface area contributed by atoms with Crippen LogP contribution in [0.3, 0.4) is 0 Å². The Labute approximate surface area is 235 Å². The average molecular weight is 605 g/mol. The van der Waals surface area contributed by atoms with E-state index in [4.69, 9.17) is 32.7 Å². The van der Waals surface area contributed by atoms with Gasteiger partial charge in [0.1, 0.15) is 6.61 Å². The van der Waals surface area contributed by atoms with Crippen LogP contribution in [-0.4, -0.2) is 30.1 Å². The predicted molar refractivity (Wildman–Crippen MR) is 148 cm³/mol. The van der Waals surface area contributed by atoms with Crippen molar-refractivity contribution >= 4 is 50.7 Å². The Bertz CT molecular complexity index is 1310. The number of Topliss-reactive ketones (excluding diaryl/α,β-unsaturated/α-hetero) is 2. The van der Waals surface area contributed by atoms with Gasteiger partial charge in [-0.15, -0.1) is 0 Å². The lowest BCUT2D eigenvalue weighted by Gasteiger charge is -2.42. The number of benzene rings is 2. The minimum Gasteiger partial charge on any atom is -0.490 e. The van der Waals surface area contributed by atoms with Crippen LogP contribution in [0.25, 0.3) is 0 Å². The number of hydrogen-bond acceptors (Lipinski definition) is 5. The van der Waals surface area contributed by atoms with Crippen LogP contribution in [0.15, 0.2) is 57.3 Å². The first-order valence-electron chi connectivity index (χ1n) is 12.6. The third-order valence-electron chi connectivity index (χ3n) is 7.30. The van der Waals surface area contributed by atoms with Gasteiger partial charge in [0.05, 0.1) is 11.1 Å². The molecule has 0 N–H and O–H groups in total. The van der Waals surface area contributed by atoms with Gasteiger partial charge in [0, 0.05) is 64.0 Å². The molecule has 5 rings (SSSR count). The van der Waals surface area contributed by atoms with E-state index in [1.807, 2.05) is 32.2 Å². The summed E-state index contributed by atoms with van der Waals surface area (Å²) in [6, 6.07) is 9.16. The lowest BCUT2D eigenvalue weighted by Crippen LogP contribution is -2.37. The van der Waals surface area contributed by atoms with E-state index in [9.17, 15) is 9.59 Å². The number of ether oxygens (including phenoxy) is 2. The standard InChI is InChI=1S/C29H28BrCl2NO4/c1-3-36-25-13-17(12-19(30)29(25)37-15-16-10-11-18(31)14-20(16)32)26-27-21(6-4-8-23(27)34)33(2)22-7-5-9-24(35)28(22)26/h10-14,26H,3-9,15H2,1-2H3. The molecule has 0 spiro atoms. The van der Waals surface area contributed by atoms with Gasteiger partial charge in [-0.3, -0.25) is 9.59 Å². The first kappa shape index (κ1) is 26.3. The highest BCUT2D eigenvalue weighted by Crippen LogP contribution is 2.50. The minimum absolute atomic E-state index is 0.120. The second-order valence-corrected chi connectivity index (χ2v) is 11.3. The maximum Gasteiger partial charge on any atom is 0.175 e. The average Bonchev–Trinajstić information content (AvgIpc) is 2.86. The van der Waals surface area contributed by atoms with E-state index in [0.29, 0.717) is 45.5 Å². The predicted octanol–water partition coefficient (Wildman–Crippen LogP) is 7.78. The molecule has 0 radical (unpaired) electrons. The summed E-state index contributed by atoms with van der Waals surface area (Å²) < 4.78 is 12.9. The molecule has 0 aromatic heterocycles. The van der Waals surface area contributed by atoms with Crippen molar-refractivity contribution in [3.05, 3.63) is 78.5 Å². The second-order valence-electron chi connectivity index (χ2n) is 9.55. The molecule has 2 aromatic carbocycles. The van der Waals surface area contributed by atoms with Crippen LogP contribution >= 0.6 is 39.1 Å². The molecule has 1 heterocycles. The minimum atomic E-state index is -0.405. The van der Waals surface area contributed by atoms with E-state index in [1.54, 1.807) is 12.1 Å². The Morgan fingerprint density at radius 2 is 1.59 bits per heavy atom. The fourth-order valence-corrected chi connectivity index (χ4v) is 6.67. The van der Waals surface area contributed by atoms with E-state index in [1.165, 1.54) is 0 Å². The zero-order valence-electron chi connectivity index (χ0n) is 20.8. The van der Waals surface area contributed by atoms with Crippen LogP contribution in [0.2, 0.25) is 10.0 Å². The van der Waals surface area contributed by atoms with Gasteiger partial charge in [0.25, 0.3) is 0 Å². The molecule has 0 saturated carbocycles. The molecule has 2 aliphatic carbocycles. The molecule has 5 nitrogen and oxygen atoms in total. The maximum atomic E-state index is 13.3. The van der Waals surface area contributed by atoms with E-state index in [-0.39, 0.29) is 18.2 Å². The summed E-state index contributed by atoms with van der Waals surface area (Å²) >= 11 is 16.1. The number of carbonyl (C=O) groups is 2. The molecule has 0 unspecified atom stereocenters. The Kier molecular flexibility index (Phi) is 7.71. The Morgan fingerprint density at radius 3 is 2.19 bits per heavy atom. The number of nitrogens with zero attached hydrogens (tertiary/aromatic N) is 1. The fraction of sp³-hybridized carbons (Fsp3) is 0.379. The Balaban J connectivity index is 1.59. The van der Waals surface area contributed by atoms with Gasteiger partial charge in [-0.25, -0.2) is 0 Å². The highest BCUT2D eigenvalue weighted by molar-refractivity contribution is 9.10. The third-order valence-corrected chi connectivity index (χ3v) is 8.47. The fourth-order valence-electron chi connectivity index (χ4n) is 5.63. The highest BCUT2D eigenvalue weighted by Gasteiger charge is 2.42. The summed E-state index contributed by atoms with van der Waals surface area (Å²) in [6.07, 6.45) is 4.34. The number of carbonyl (C=O) groups excluding carboxylic acids is 2. The van der Waals surface area contributed by atoms with E-state index in [2.05, 4.69) is 20.8 Å². The van der Waals surface area contributed by atoms with Gasteiger partial charge < -0.3 is 14.4 Å². The molecule has 37 heavy (non-hydrogen) atoms. The molecule has 0 fully saturated rings. The monoisotopic (exact) mass is 603 g/mol. The van der Waals surface area contributed by atoms with Crippen LogP contribution in [0, 0.1) is 0 Å². The van der Waals surface area contributed by atoms with Crippen LogP contribution < -0.4 is 9.47 Å².